The summed E-state index contributed by atoms with van der Waals surface area (Å²) in [6.45, 7) is 11.4. The Morgan fingerprint density at radius 1 is 1.07 bits per heavy atom. The molecule has 0 aromatic carbocycles. The number of rotatable bonds is 18. The molecule has 2 aliphatic heterocycles. The summed E-state index contributed by atoms with van der Waals surface area (Å²) in [5.41, 5.74) is 1.83. The normalized spacial score (nSPS) is 29.5. The van der Waals surface area contributed by atoms with Gasteiger partial charge in [-0.1, -0.05) is 38.3 Å². The number of amides is 3. The van der Waals surface area contributed by atoms with E-state index in [0.29, 0.717) is 26.1 Å². The smallest absolute Gasteiger partial charge is 0.407 e. The molecule has 2 saturated heterocycles. The lowest BCUT2D eigenvalue weighted by Gasteiger charge is -2.42. The van der Waals surface area contributed by atoms with Crippen LogP contribution in [0.4, 0.5) is 14.1 Å². The summed E-state index contributed by atoms with van der Waals surface area (Å²) in [4.78, 5) is 36.5. The SMILES string of the molecule is COC1C([C@@]2(C)O[C@@H]2CC=C(C)C)[C@]2(CC[C@@H]1OC(=O)N[C@@H](COC(=O)NCCCCCCNC(=O)CNF)C(C)C)CO2. The van der Waals surface area contributed by atoms with Crippen molar-refractivity contribution in [3.63, 3.8) is 0 Å². The Kier molecular flexibility index (Phi) is 13.7. The van der Waals surface area contributed by atoms with Crippen LogP contribution in [0.3, 0.4) is 0 Å². The predicted molar refractivity (Wildman–Crippen MR) is 161 cm³/mol. The van der Waals surface area contributed by atoms with Crippen molar-refractivity contribution in [2.75, 3.05) is 40.0 Å². The van der Waals surface area contributed by atoms with Gasteiger partial charge in [-0.2, -0.15) is 0 Å². The molecule has 1 saturated carbocycles. The standard InChI is InChI=1S/C31H53FN4O8/c1-20(2)11-12-24-30(5,44-24)27-26(40-6)23(13-14-31(27)19-42-31)43-29(39)36-22(21(3)4)18-41-28(38)34-16-10-8-7-9-15-33-25(37)17-35-32/h11,21-24,26-27,35H,7-10,12-19H2,1-6H3,(H,33,37)(H,34,38)(H,36,39)/t22-,23-,24+,26?,27?,30-,31-/m0/s1. The Morgan fingerprint density at radius 3 is 2.34 bits per heavy atom. The third-order valence-corrected chi connectivity index (χ3v) is 8.92. The molecular formula is C31H53FN4O8. The predicted octanol–water partition coefficient (Wildman–Crippen LogP) is 3.69. The van der Waals surface area contributed by atoms with E-state index in [2.05, 4.69) is 42.8 Å². The van der Waals surface area contributed by atoms with E-state index in [1.165, 1.54) is 11.1 Å². The Balaban J connectivity index is 1.40. The molecule has 2 heterocycles. The number of hydrogen-bond acceptors (Lipinski definition) is 9. The zero-order chi connectivity index (χ0) is 32.3. The molecule has 7 atom stereocenters. The van der Waals surface area contributed by atoms with Crippen LogP contribution < -0.4 is 21.5 Å². The van der Waals surface area contributed by atoms with Gasteiger partial charge in [0.25, 0.3) is 0 Å². The number of nitrogens with one attached hydrogen (secondary N) is 4. The summed E-state index contributed by atoms with van der Waals surface area (Å²) in [5.74, 6) is -0.461. The van der Waals surface area contributed by atoms with Gasteiger partial charge in [0.1, 0.15) is 36.6 Å². The first-order valence-electron chi connectivity index (χ1n) is 15.9. The van der Waals surface area contributed by atoms with E-state index in [1.807, 2.05) is 13.8 Å². The molecule has 3 fully saturated rings. The van der Waals surface area contributed by atoms with Crippen molar-refractivity contribution >= 4 is 18.1 Å². The van der Waals surface area contributed by atoms with Gasteiger partial charge in [-0.3, -0.25) is 4.79 Å². The molecule has 0 aromatic rings. The molecule has 13 heteroatoms. The highest BCUT2D eigenvalue weighted by molar-refractivity contribution is 5.77. The average molecular weight is 629 g/mol. The van der Waals surface area contributed by atoms with Gasteiger partial charge in [-0.25, -0.2) is 9.59 Å². The summed E-state index contributed by atoms with van der Waals surface area (Å²) < 4.78 is 41.4. The highest BCUT2D eigenvalue weighted by Crippen LogP contribution is 2.59. The zero-order valence-electron chi connectivity index (χ0n) is 27.2. The number of epoxide rings is 2. The molecule has 3 amide bonds. The summed E-state index contributed by atoms with van der Waals surface area (Å²) in [6, 6.07) is -0.438. The maximum Gasteiger partial charge on any atom is 0.407 e. The highest BCUT2D eigenvalue weighted by atomic mass is 19.2. The summed E-state index contributed by atoms with van der Waals surface area (Å²) in [5, 5.41) is 8.21. The molecule has 44 heavy (non-hydrogen) atoms. The van der Waals surface area contributed by atoms with E-state index >= 15 is 0 Å². The zero-order valence-corrected chi connectivity index (χ0v) is 27.2. The van der Waals surface area contributed by atoms with Crippen LogP contribution in [0.2, 0.25) is 0 Å². The Bertz CT molecular complexity index is 990. The number of unbranched alkanes of at least 4 members (excludes halogenated alkanes) is 3. The fourth-order valence-electron chi connectivity index (χ4n) is 6.16. The van der Waals surface area contributed by atoms with Crippen LogP contribution in [-0.4, -0.2) is 93.6 Å². The van der Waals surface area contributed by atoms with E-state index in [0.717, 1.165) is 38.5 Å². The van der Waals surface area contributed by atoms with Crippen LogP contribution >= 0.6 is 0 Å². The Hall–Kier alpha value is -2.48. The number of alkyl carbamates (subject to hydrolysis) is 2. The van der Waals surface area contributed by atoms with Gasteiger partial charge in [0.05, 0.1) is 24.7 Å². The number of carbonyl (C=O) groups is 3. The quantitative estimate of drug-likeness (QED) is 0.0771. The van der Waals surface area contributed by atoms with Gasteiger partial charge in [0, 0.05) is 20.2 Å². The van der Waals surface area contributed by atoms with Gasteiger partial charge >= 0.3 is 12.2 Å². The molecule has 1 aliphatic carbocycles. The van der Waals surface area contributed by atoms with E-state index in [1.54, 1.807) is 7.11 Å². The van der Waals surface area contributed by atoms with Crippen molar-refractivity contribution in [2.24, 2.45) is 11.8 Å². The number of halogens is 1. The number of methoxy groups -OCH3 is 1. The van der Waals surface area contributed by atoms with Crippen molar-refractivity contribution in [1.82, 2.24) is 21.5 Å². The van der Waals surface area contributed by atoms with Gasteiger partial charge in [-0.05, 0) is 58.8 Å². The minimum absolute atomic E-state index is 0.00192. The molecular weight excluding hydrogens is 575 g/mol. The minimum atomic E-state index is -0.578. The maximum absolute atomic E-state index is 13.1. The number of ether oxygens (including phenoxy) is 5. The lowest BCUT2D eigenvalue weighted by Crippen LogP contribution is -2.56. The number of allylic oxidation sites excluding steroid dienone is 1. The second-order valence-electron chi connectivity index (χ2n) is 12.9. The topological polar surface area (TPSA) is 152 Å². The van der Waals surface area contributed by atoms with Crippen LogP contribution in [0.15, 0.2) is 11.6 Å². The van der Waals surface area contributed by atoms with Crippen LogP contribution in [0, 0.1) is 11.8 Å². The molecule has 3 rings (SSSR count). The van der Waals surface area contributed by atoms with Crippen molar-refractivity contribution < 1.29 is 42.5 Å². The highest BCUT2D eigenvalue weighted by Gasteiger charge is 2.72. The van der Waals surface area contributed by atoms with Crippen LogP contribution in [0.1, 0.15) is 79.6 Å². The van der Waals surface area contributed by atoms with Gasteiger partial charge in [-0.15, -0.1) is 10.0 Å². The van der Waals surface area contributed by atoms with Crippen LogP contribution in [0.25, 0.3) is 0 Å². The molecule has 252 valence electrons. The molecule has 2 unspecified atom stereocenters. The van der Waals surface area contributed by atoms with Gasteiger partial charge in [0.2, 0.25) is 5.91 Å². The van der Waals surface area contributed by atoms with Crippen molar-refractivity contribution in [3.8, 4) is 0 Å². The summed E-state index contributed by atoms with van der Waals surface area (Å²) in [6.07, 6.45) is 5.71. The van der Waals surface area contributed by atoms with E-state index < -0.39 is 29.9 Å². The third kappa shape index (κ3) is 10.3. The van der Waals surface area contributed by atoms with Crippen molar-refractivity contribution in [2.45, 2.75) is 115 Å². The second kappa shape index (κ2) is 16.7. The fourth-order valence-corrected chi connectivity index (χ4v) is 6.16. The molecule has 12 nitrogen and oxygen atoms in total. The second-order valence-corrected chi connectivity index (χ2v) is 12.9. The monoisotopic (exact) mass is 628 g/mol. The summed E-state index contributed by atoms with van der Waals surface area (Å²) in [7, 11) is 1.64. The summed E-state index contributed by atoms with van der Waals surface area (Å²) >= 11 is 0. The van der Waals surface area contributed by atoms with E-state index in [9.17, 15) is 18.9 Å². The molecule has 1 spiro atoms. The molecule has 4 N–H and O–H groups in total. The van der Waals surface area contributed by atoms with Crippen molar-refractivity contribution in [3.05, 3.63) is 11.6 Å². The Labute approximate surface area is 260 Å². The van der Waals surface area contributed by atoms with Crippen LogP contribution in [-0.2, 0) is 28.5 Å². The fraction of sp³-hybridized carbons (Fsp3) is 0.839. The molecule has 3 aliphatic rings. The Morgan fingerprint density at radius 2 is 1.75 bits per heavy atom. The average Bonchev–Trinajstić information content (AvgIpc) is 3.88. The van der Waals surface area contributed by atoms with Crippen molar-refractivity contribution in [1.29, 1.82) is 0 Å². The molecule has 0 bridgehead atoms. The third-order valence-electron chi connectivity index (χ3n) is 8.92. The molecule has 0 aromatic heterocycles. The number of carbonyl (C=O) groups excluding carboxylic acids is 3. The van der Waals surface area contributed by atoms with Gasteiger partial charge in [0.15, 0.2) is 0 Å². The lowest BCUT2D eigenvalue weighted by molar-refractivity contribution is -0.120. The lowest BCUT2D eigenvalue weighted by atomic mass is 9.68. The minimum Gasteiger partial charge on any atom is -0.447 e. The van der Waals surface area contributed by atoms with Gasteiger partial charge < -0.3 is 39.6 Å². The largest absolute Gasteiger partial charge is 0.447 e. The van der Waals surface area contributed by atoms with E-state index in [4.69, 9.17) is 23.7 Å². The van der Waals surface area contributed by atoms with Crippen LogP contribution in [0.5, 0.6) is 0 Å². The number of hydrogen-bond donors (Lipinski definition) is 4. The maximum atomic E-state index is 13.1. The first kappa shape index (κ1) is 36.0. The van der Waals surface area contributed by atoms with E-state index in [-0.39, 0.29) is 48.7 Å². The first-order chi connectivity index (χ1) is 21.0. The first-order valence-corrected chi connectivity index (χ1v) is 15.9. The molecule has 0 radical (unpaired) electrons.